The van der Waals surface area contributed by atoms with E-state index in [1.54, 1.807) is 23.1 Å². The standard InChI is InChI=1S/C12H15ClN2O2S/c1-3-15(7-11(14)18)12(16)9-5-4-8(13)6-10(9)17-2/h4-6H,3,7H2,1-2H3,(H2,14,18). The third-order valence-corrected chi connectivity index (χ3v) is 2.77. The van der Waals surface area contributed by atoms with E-state index in [9.17, 15) is 4.79 Å². The zero-order valence-corrected chi connectivity index (χ0v) is 11.8. The molecule has 0 saturated carbocycles. The lowest BCUT2D eigenvalue weighted by Crippen LogP contribution is -2.37. The summed E-state index contributed by atoms with van der Waals surface area (Å²) in [6, 6.07) is 4.88. The van der Waals surface area contributed by atoms with Crippen LogP contribution in [0.3, 0.4) is 0 Å². The Morgan fingerprint density at radius 2 is 2.22 bits per heavy atom. The molecule has 1 aromatic rings. The number of thiocarbonyl (C=S) groups is 1. The Labute approximate surface area is 117 Å². The van der Waals surface area contributed by atoms with Crippen LogP contribution in [0.4, 0.5) is 0 Å². The van der Waals surface area contributed by atoms with Crippen LogP contribution < -0.4 is 10.5 Å². The molecule has 18 heavy (non-hydrogen) atoms. The summed E-state index contributed by atoms with van der Waals surface area (Å²) >= 11 is 10.7. The van der Waals surface area contributed by atoms with Gasteiger partial charge in [-0.25, -0.2) is 0 Å². The molecule has 0 unspecified atom stereocenters. The maximum Gasteiger partial charge on any atom is 0.257 e. The number of ether oxygens (including phenoxy) is 1. The summed E-state index contributed by atoms with van der Waals surface area (Å²) in [6.45, 7) is 2.62. The fourth-order valence-electron chi connectivity index (χ4n) is 1.53. The number of likely N-dealkylation sites (N-methyl/N-ethyl adjacent to an activating group) is 1. The summed E-state index contributed by atoms with van der Waals surface area (Å²) in [5, 5.41) is 0.515. The first-order chi connectivity index (χ1) is 8.49. The first-order valence-electron chi connectivity index (χ1n) is 5.40. The summed E-state index contributed by atoms with van der Waals surface area (Å²) in [5.74, 6) is 0.257. The molecule has 6 heteroatoms. The van der Waals surface area contributed by atoms with Gasteiger partial charge in [0.2, 0.25) is 0 Å². The molecule has 0 aliphatic rings. The molecule has 1 rings (SSSR count). The molecule has 0 bridgehead atoms. The van der Waals surface area contributed by atoms with E-state index in [2.05, 4.69) is 0 Å². The fourth-order valence-corrected chi connectivity index (χ4v) is 1.85. The maximum absolute atomic E-state index is 12.3. The Morgan fingerprint density at radius 1 is 1.56 bits per heavy atom. The van der Waals surface area contributed by atoms with Crippen molar-refractivity contribution in [1.29, 1.82) is 0 Å². The van der Waals surface area contributed by atoms with E-state index in [1.807, 2.05) is 6.92 Å². The van der Waals surface area contributed by atoms with E-state index in [1.165, 1.54) is 7.11 Å². The smallest absolute Gasteiger partial charge is 0.257 e. The minimum Gasteiger partial charge on any atom is -0.496 e. The Hall–Kier alpha value is -1.33. The van der Waals surface area contributed by atoms with Crippen molar-refractivity contribution in [1.82, 2.24) is 4.90 Å². The minimum atomic E-state index is -0.182. The number of nitrogens with zero attached hydrogens (tertiary/aromatic N) is 1. The van der Waals surface area contributed by atoms with E-state index in [0.717, 1.165) is 0 Å². The number of hydrogen-bond acceptors (Lipinski definition) is 3. The molecule has 0 fully saturated rings. The van der Waals surface area contributed by atoms with Crippen LogP contribution in [0.1, 0.15) is 17.3 Å². The Morgan fingerprint density at radius 3 is 2.72 bits per heavy atom. The number of carbonyl (C=O) groups is 1. The highest BCUT2D eigenvalue weighted by atomic mass is 35.5. The lowest BCUT2D eigenvalue weighted by molar-refractivity contribution is 0.0784. The highest BCUT2D eigenvalue weighted by Crippen LogP contribution is 2.24. The van der Waals surface area contributed by atoms with Gasteiger partial charge in [0, 0.05) is 11.6 Å². The summed E-state index contributed by atoms with van der Waals surface area (Å²) in [4.78, 5) is 14.1. The summed E-state index contributed by atoms with van der Waals surface area (Å²) in [7, 11) is 1.49. The summed E-state index contributed by atoms with van der Waals surface area (Å²) < 4.78 is 5.15. The molecule has 0 radical (unpaired) electrons. The third kappa shape index (κ3) is 3.58. The quantitative estimate of drug-likeness (QED) is 0.842. The van der Waals surface area contributed by atoms with Gasteiger partial charge in [-0.15, -0.1) is 0 Å². The van der Waals surface area contributed by atoms with Crippen LogP contribution in [-0.4, -0.2) is 36.0 Å². The molecule has 0 aliphatic heterocycles. The SMILES string of the molecule is CCN(CC(N)=S)C(=O)c1ccc(Cl)cc1OC. The van der Waals surface area contributed by atoms with Crippen molar-refractivity contribution in [2.24, 2.45) is 5.73 Å². The minimum absolute atomic E-state index is 0.182. The van der Waals surface area contributed by atoms with Crippen LogP contribution in [-0.2, 0) is 0 Å². The first-order valence-corrected chi connectivity index (χ1v) is 6.19. The molecule has 4 nitrogen and oxygen atoms in total. The van der Waals surface area contributed by atoms with Gasteiger partial charge < -0.3 is 15.4 Å². The molecule has 0 heterocycles. The number of amides is 1. The van der Waals surface area contributed by atoms with E-state index < -0.39 is 0 Å². The number of hydrogen-bond donors (Lipinski definition) is 1. The van der Waals surface area contributed by atoms with Crippen molar-refractivity contribution in [3.05, 3.63) is 28.8 Å². The normalized spacial score (nSPS) is 9.94. The second kappa shape index (κ2) is 6.56. The topological polar surface area (TPSA) is 55.6 Å². The Kier molecular flexibility index (Phi) is 5.37. The van der Waals surface area contributed by atoms with E-state index in [4.69, 9.17) is 34.3 Å². The van der Waals surface area contributed by atoms with Gasteiger partial charge in [0.25, 0.3) is 5.91 Å². The molecule has 0 spiro atoms. The van der Waals surface area contributed by atoms with Gasteiger partial charge in [0.05, 0.1) is 24.2 Å². The number of nitrogens with two attached hydrogens (primary N) is 1. The van der Waals surface area contributed by atoms with Crippen LogP contribution in [0, 0.1) is 0 Å². The van der Waals surface area contributed by atoms with Gasteiger partial charge in [0.1, 0.15) is 5.75 Å². The molecule has 1 amide bonds. The predicted octanol–water partition coefficient (Wildman–Crippen LogP) is 2.10. The van der Waals surface area contributed by atoms with Crippen LogP contribution in [0.5, 0.6) is 5.75 Å². The average Bonchev–Trinajstić information content (AvgIpc) is 2.34. The van der Waals surface area contributed by atoms with E-state index >= 15 is 0 Å². The second-order valence-electron chi connectivity index (χ2n) is 3.63. The van der Waals surface area contributed by atoms with Crippen LogP contribution in [0.25, 0.3) is 0 Å². The van der Waals surface area contributed by atoms with Crippen molar-refractivity contribution in [2.75, 3.05) is 20.2 Å². The van der Waals surface area contributed by atoms with Crippen LogP contribution in [0.2, 0.25) is 5.02 Å². The van der Waals surface area contributed by atoms with Crippen molar-refractivity contribution >= 4 is 34.7 Å². The highest BCUT2D eigenvalue weighted by molar-refractivity contribution is 7.80. The largest absolute Gasteiger partial charge is 0.496 e. The number of benzene rings is 1. The number of halogens is 1. The Balaban J connectivity index is 3.04. The fraction of sp³-hybridized carbons (Fsp3) is 0.333. The number of rotatable bonds is 5. The summed E-state index contributed by atoms with van der Waals surface area (Å²) in [6.07, 6.45) is 0. The molecule has 0 atom stereocenters. The Bertz CT molecular complexity index is 465. The molecular formula is C12H15ClN2O2S. The molecule has 0 aromatic heterocycles. The number of methoxy groups -OCH3 is 1. The molecular weight excluding hydrogens is 272 g/mol. The van der Waals surface area contributed by atoms with Gasteiger partial charge >= 0.3 is 0 Å². The second-order valence-corrected chi connectivity index (χ2v) is 4.59. The van der Waals surface area contributed by atoms with Gasteiger partial charge in [-0.1, -0.05) is 23.8 Å². The van der Waals surface area contributed by atoms with Gasteiger partial charge in [-0.2, -0.15) is 0 Å². The van der Waals surface area contributed by atoms with Crippen LogP contribution >= 0.6 is 23.8 Å². The first kappa shape index (κ1) is 14.7. The van der Waals surface area contributed by atoms with Gasteiger partial charge in [-0.05, 0) is 25.1 Å². The van der Waals surface area contributed by atoms with Crippen LogP contribution in [0.15, 0.2) is 18.2 Å². The lowest BCUT2D eigenvalue weighted by atomic mass is 10.1. The van der Waals surface area contributed by atoms with Gasteiger partial charge in [-0.3, -0.25) is 4.79 Å². The van der Waals surface area contributed by atoms with E-state index in [0.29, 0.717) is 22.9 Å². The molecule has 2 N–H and O–H groups in total. The van der Waals surface area contributed by atoms with Gasteiger partial charge in [0.15, 0.2) is 0 Å². The molecule has 1 aromatic carbocycles. The lowest BCUT2D eigenvalue weighted by Gasteiger charge is -2.21. The molecule has 0 aliphatic carbocycles. The van der Waals surface area contributed by atoms with E-state index in [-0.39, 0.29) is 17.4 Å². The average molecular weight is 287 g/mol. The number of carbonyl (C=O) groups excluding carboxylic acids is 1. The third-order valence-electron chi connectivity index (χ3n) is 2.41. The molecule has 98 valence electrons. The highest BCUT2D eigenvalue weighted by Gasteiger charge is 2.19. The van der Waals surface area contributed by atoms with Crippen molar-refractivity contribution < 1.29 is 9.53 Å². The zero-order chi connectivity index (χ0) is 13.7. The maximum atomic E-state index is 12.3. The van der Waals surface area contributed by atoms with Crippen molar-refractivity contribution in [3.8, 4) is 5.75 Å². The zero-order valence-electron chi connectivity index (χ0n) is 10.3. The monoisotopic (exact) mass is 286 g/mol. The molecule has 0 saturated heterocycles. The predicted molar refractivity (Wildman–Crippen MR) is 76.4 cm³/mol. The van der Waals surface area contributed by atoms with Crippen molar-refractivity contribution in [3.63, 3.8) is 0 Å². The van der Waals surface area contributed by atoms with Crippen molar-refractivity contribution in [2.45, 2.75) is 6.92 Å². The summed E-state index contributed by atoms with van der Waals surface area (Å²) in [5.41, 5.74) is 5.91.